The molecular weight excluding hydrogens is 266 g/mol. The average Bonchev–Trinajstić information content (AvgIpc) is 2.53. The molecule has 0 N–H and O–H groups in total. The number of aromatic nitrogens is 1. The number of anilines is 1. The minimum atomic E-state index is 0.219. The molecule has 1 aromatic heterocycles. The highest BCUT2D eigenvalue weighted by atomic mass is 16.2. The fourth-order valence-electron chi connectivity index (χ4n) is 2.30. The van der Waals surface area contributed by atoms with Crippen LogP contribution in [0.3, 0.4) is 0 Å². The van der Waals surface area contributed by atoms with Crippen molar-refractivity contribution in [2.45, 2.75) is 6.42 Å². The van der Waals surface area contributed by atoms with E-state index in [4.69, 9.17) is 5.26 Å². The summed E-state index contributed by atoms with van der Waals surface area (Å²) in [6.45, 7) is 3.82. The number of hydrogen-bond acceptors (Lipinski definition) is 5. The Labute approximate surface area is 125 Å². The highest BCUT2D eigenvalue weighted by Crippen LogP contribution is 2.14. The first kappa shape index (κ1) is 15.3. The van der Waals surface area contributed by atoms with E-state index in [1.807, 2.05) is 30.0 Å². The third-order valence-corrected chi connectivity index (χ3v) is 3.61. The van der Waals surface area contributed by atoms with Gasteiger partial charge in [0.1, 0.15) is 11.9 Å². The van der Waals surface area contributed by atoms with E-state index in [0.29, 0.717) is 12.0 Å². The topological polar surface area (TPSA) is 63.5 Å². The van der Waals surface area contributed by atoms with Gasteiger partial charge in [0.05, 0.1) is 5.56 Å². The van der Waals surface area contributed by atoms with Gasteiger partial charge in [0.2, 0.25) is 5.91 Å². The molecule has 0 saturated carbocycles. The quantitative estimate of drug-likeness (QED) is 0.809. The third kappa shape index (κ3) is 4.17. The summed E-state index contributed by atoms with van der Waals surface area (Å²) >= 11 is 0. The van der Waals surface area contributed by atoms with E-state index in [0.717, 1.165) is 38.5 Å². The maximum atomic E-state index is 12.1. The number of carbonyl (C=O) groups excluding carboxylic acids is 1. The Bertz CT molecular complexity index is 512. The third-order valence-electron chi connectivity index (χ3n) is 3.61. The highest BCUT2D eigenvalue weighted by molar-refractivity contribution is 5.76. The fraction of sp³-hybridized carbons (Fsp3) is 0.533. The van der Waals surface area contributed by atoms with Crippen LogP contribution in [0.4, 0.5) is 5.82 Å². The van der Waals surface area contributed by atoms with Crippen molar-refractivity contribution in [2.24, 2.45) is 0 Å². The molecule has 1 amide bonds. The monoisotopic (exact) mass is 287 g/mol. The summed E-state index contributed by atoms with van der Waals surface area (Å²) in [5, 5.41) is 8.77. The summed E-state index contributed by atoms with van der Waals surface area (Å²) < 4.78 is 0. The van der Waals surface area contributed by atoms with Crippen LogP contribution in [0.15, 0.2) is 18.3 Å². The van der Waals surface area contributed by atoms with Crippen LogP contribution in [0, 0.1) is 11.3 Å². The van der Waals surface area contributed by atoms with Gasteiger partial charge in [-0.25, -0.2) is 4.98 Å². The molecule has 0 atom stereocenters. The summed E-state index contributed by atoms with van der Waals surface area (Å²) in [4.78, 5) is 22.4. The first-order valence-electron chi connectivity index (χ1n) is 7.14. The Morgan fingerprint density at radius 1 is 1.33 bits per heavy atom. The van der Waals surface area contributed by atoms with Crippen molar-refractivity contribution in [1.29, 1.82) is 5.26 Å². The van der Waals surface area contributed by atoms with E-state index in [2.05, 4.69) is 16.0 Å². The number of piperazine rings is 1. The maximum absolute atomic E-state index is 12.1. The second-order valence-corrected chi connectivity index (χ2v) is 5.44. The number of rotatable bonds is 4. The average molecular weight is 287 g/mol. The molecule has 0 aromatic carbocycles. The minimum Gasteiger partial charge on any atom is -0.353 e. The Hall–Kier alpha value is -2.13. The van der Waals surface area contributed by atoms with Crippen LogP contribution in [0.2, 0.25) is 0 Å². The van der Waals surface area contributed by atoms with Gasteiger partial charge in [0, 0.05) is 45.3 Å². The molecular formula is C15H21N5O. The molecule has 0 spiro atoms. The Morgan fingerprint density at radius 3 is 2.57 bits per heavy atom. The van der Waals surface area contributed by atoms with Crippen molar-refractivity contribution in [3.05, 3.63) is 23.9 Å². The van der Waals surface area contributed by atoms with E-state index in [-0.39, 0.29) is 5.91 Å². The molecule has 2 heterocycles. The summed E-state index contributed by atoms with van der Waals surface area (Å²) in [6.07, 6.45) is 2.16. The van der Waals surface area contributed by atoms with Crippen LogP contribution >= 0.6 is 0 Å². The van der Waals surface area contributed by atoms with Gasteiger partial charge >= 0.3 is 0 Å². The SMILES string of the molecule is CN(C)CCC(=O)N1CCN(c2ccc(C#N)cn2)CC1. The zero-order chi connectivity index (χ0) is 15.2. The molecule has 6 heteroatoms. The van der Waals surface area contributed by atoms with Gasteiger partial charge < -0.3 is 14.7 Å². The van der Waals surface area contributed by atoms with Crippen LogP contribution < -0.4 is 4.90 Å². The predicted molar refractivity (Wildman–Crippen MR) is 80.9 cm³/mol. The summed E-state index contributed by atoms with van der Waals surface area (Å²) in [5.41, 5.74) is 0.566. The molecule has 0 unspecified atom stereocenters. The molecule has 0 radical (unpaired) electrons. The molecule has 0 bridgehead atoms. The van der Waals surface area contributed by atoms with Crippen LogP contribution in [0.5, 0.6) is 0 Å². The Morgan fingerprint density at radius 2 is 2.05 bits per heavy atom. The van der Waals surface area contributed by atoms with Crippen LogP contribution in [0.25, 0.3) is 0 Å². The van der Waals surface area contributed by atoms with Gasteiger partial charge in [-0.15, -0.1) is 0 Å². The standard InChI is InChI=1S/C15H21N5O/c1-18(2)6-5-15(21)20-9-7-19(8-10-20)14-4-3-13(11-16)12-17-14/h3-4,12H,5-10H2,1-2H3. The van der Waals surface area contributed by atoms with Crippen molar-refractivity contribution in [1.82, 2.24) is 14.8 Å². The lowest BCUT2D eigenvalue weighted by Gasteiger charge is -2.35. The van der Waals surface area contributed by atoms with Crippen molar-refractivity contribution in [2.75, 3.05) is 51.7 Å². The maximum Gasteiger partial charge on any atom is 0.223 e. The summed E-state index contributed by atoms with van der Waals surface area (Å²) in [6, 6.07) is 5.70. The van der Waals surface area contributed by atoms with Crippen molar-refractivity contribution in [3.63, 3.8) is 0 Å². The van der Waals surface area contributed by atoms with Crippen molar-refractivity contribution >= 4 is 11.7 Å². The number of carbonyl (C=O) groups is 1. The molecule has 1 aliphatic rings. The minimum absolute atomic E-state index is 0.219. The molecule has 1 aliphatic heterocycles. The van der Waals surface area contributed by atoms with Gasteiger partial charge in [-0.1, -0.05) is 0 Å². The lowest BCUT2D eigenvalue weighted by atomic mass is 10.2. The molecule has 112 valence electrons. The second-order valence-electron chi connectivity index (χ2n) is 5.44. The smallest absolute Gasteiger partial charge is 0.223 e. The number of hydrogen-bond donors (Lipinski definition) is 0. The number of nitriles is 1. The summed E-state index contributed by atoms with van der Waals surface area (Å²) in [7, 11) is 3.95. The lowest BCUT2D eigenvalue weighted by Crippen LogP contribution is -2.49. The van der Waals surface area contributed by atoms with Crippen molar-refractivity contribution < 1.29 is 4.79 Å². The zero-order valence-electron chi connectivity index (χ0n) is 12.6. The molecule has 2 rings (SSSR count). The highest BCUT2D eigenvalue weighted by Gasteiger charge is 2.21. The van der Waals surface area contributed by atoms with E-state index >= 15 is 0 Å². The first-order chi connectivity index (χ1) is 10.1. The van der Waals surface area contributed by atoms with E-state index in [1.165, 1.54) is 0 Å². The van der Waals surface area contributed by atoms with Gasteiger partial charge in [-0.3, -0.25) is 4.79 Å². The first-order valence-corrected chi connectivity index (χ1v) is 7.14. The number of nitrogens with zero attached hydrogens (tertiary/aromatic N) is 5. The molecule has 0 aliphatic carbocycles. The van der Waals surface area contributed by atoms with Crippen molar-refractivity contribution in [3.8, 4) is 6.07 Å². The predicted octanol–water partition coefficient (Wildman–Crippen LogP) is 0.554. The van der Waals surface area contributed by atoms with E-state index in [9.17, 15) is 4.79 Å². The lowest BCUT2D eigenvalue weighted by molar-refractivity contribution is -0.131. The largest absolute Gasteiger partial charge is 0.353 e. The molecule has 21 heavy (non-hydrogen) atoms. The Kier molecular flexibility index (Phi) is 5.12. The molecule has 1 fully saturated rings. The summed E-state index contributed by atoms with van der Waals surface area (Å²) in [5.74, 6) is 1.09. The Balaban J connectivity index is 1.85. The molecule has 6 nitrogen and oxygen atoms in total. The van der Waals surface area contributed by atoms with E-state index < -0.39 is 0 Å². The normalized spacial score (nSPS) is 15.1. The second kappa shape index (κ2) is 7.04. The molecule has 1 saturated heterocycles. The van der Waals surface area contributed by atoms with Crippen LogP contribution in [-0.2, 0) is 4.79 Å². The fourth-order valence-corrected chi connectivity index (χ4v) is 2.30. The van der Waals surface area contributed by atoms with Gasteiger partial charge in [0.15, 0.2) is 0 Å². The van der Waals surface area contributed by atoms with E-state index in [1.54, 1.807) is 12.3 Å². The van der Waals surface area contributed by atoms with Gasteiger partial charge in [-0.05, 0) is 26.2 Å². The number of amides is 1. The van der Waals surface area contributed by atoms with Gasteiger partial charge in [0.25, 0.3) is 0 Å². The van der Waals surface area contributed by atoms with Crippen LogP contribution in [0.1, 0.15) is 12.0 Å². The molecule has 1 aromatic rings. The van der Waals surface area contributed by atoms with Gasteiger partial charge in [-0.2, -0.15) is 5.26 Å². The van der Waals surface area contributed by atoms with Crippen LogP contribution in [-0.4, -0.2) is 67.5 Å². The zero-order valence-corrected chi connectivity index (χ0v) is 12.6. The number of pyridine rings is 1.